The van der Waals surface area contributed by atoms with Crippen molar-refractivity contribution in [3.63, 3.8) is 0 Å². The third kappa shape index (κ3) is 29.8. The first-order chi connectivity index (χ1) is 29.9. The van der Waals surface area contributed by atoms with E-state index in [0.29, 0.717) is 19.3 Å². The molecule has 0 aromatic heterocycles. The molecule has 1 aliphatic rings. The van der Waals surface area contributed by atoms with Crippen LogP contribution in [0.15, 0.2) is 60.8 Å². The van der Waals surface area contributed by atoms with Gasteiger partial charge in [0.1, 0.15) is 43.2 Å². The van der Waals surface area contributed by atoms with Crippen LogP contribution in [-0.2, 0) is 32.7 Å². The van der Waals surface area contributed by atoms with Crippen LogP contribution in [0, 0.1) is 0 Å². The Bertz CT molecular complexity index is 1320. The molecule has 1 rings (SSSR count). The highest BCUT2D eigenvalue weighted by atomic mass is 31.2. The molecule has 0 aliphatic heterocycles. The first-order valence-electron chi connectivity index (χ1n) is 23.2. The molecule has 0 aromatic rings. The monoisotopic (exact) mass is 901 g/mol. The summed E-state index contributed by atoms with van der Waals surface area (Å²) >= 11 is 0. The highest BCUT2D eigenvalue weighted by Gasteiger charge is 2.51. The lowest BCUT2D eigenvalue weighted by molar-refractivity contribution is -0.220. The molecule has 14 nitrogen and oxygen atoms in total. The second-order valence-electron chi connectivity index (χ2n) is 16.0. The topological polar surface area (TPSA) is 230 Å². The molecule has 0 saturated heterocycles. The number of hydrogen-bond donors (Lipinski definition) is 7. The van der Waals surface area contributed by atoms with Crippen LogP contribution in [0.4, 0.5) is 0 Å². The summed E-state index contributed by atoms with van der Waals surface area (Å²) in [6.45, 7) is 1.23. The standard InChI is InChI=1S/C47H81O14P/c1-2-3-4-5-6-7-8-9-13-17-20-23-26-29-32-35-41(50)60-39(38-59-62(56,57)61-47-45(54)43(52)42(51)44(53)46(47)55)37-58-40(49)34-31-28-25-22-19-16-14-11-10-12-15-18-21-24-27-30-33-36-48/h7-8,10,12,14,16,18,21-22,25,39,42-48,51-55H,2-6,9,11,13,15,17,19-20,23-24,26-38H2,1H3,(H,56,57)/b8-7-,12-10-,16-14-,21-18-,25-22-/t39-,42?,43-,44+,45-,46-,47?/m1/s1. The zero-order chi connectivity index (χ0) is 45.7. The summed E-state index contributed by atoms with van der Waals surface area (Å²) in [5, 5.41) is 58.9. The van der Waals surface area contributed by atoms with Gasteiger partial charge in [0.2, 0.25) is 0 Å². The van der Waals surface area contributed by atoms with Gasteiger partial charge < -0.3 is 45.0 Å². The van der Waals surface area contributed by atoms with Gasteiger partial charge in [0, 0.05) is 19.4 Å². The number of ether oxygens (including phenoxy) is 2. The summed E-state index contributed by atoms with van der Waals surface area (Å²) in [7, 11) is -5.14. The number of esters is 2. The van der Waals surface area contributed by atoms with Crippen molar-refractivity contribution in [1.29, 1.82) is 0 Å². The van der Waals surface area contributed by atoms with Crippen LogP contribution >= 0.6 is 7.82 Å². The van der Waals surface area contributed by atoms with Gasteiger partial charge in [-0.25, -0.2) is 4.57 Å². The molecule has 0 spiro atoms. The van der Waals surface area contributed by atoms with Crippen LogP contribution in [0.5, 0.6) is 0 Å². The Balaban J connectivity index is 2.50. The summed E-state index contributed by atoms with van der Waals surface area (Å²) in [6.07, 6.45) is 30.0. The van der Waals surface area contributed by atoms with E-state index in [2.05, 4.69) is 55.5 Å². The number of carbonyl (C=O) groups is 2. The van der Waals surface area contributed by atoms with E-state index in [9.17, 15) is 44.6 Å². The first-order valence-corrected chi connectivity index (χ1v) is 24.7. The van der Waals surface area contributed by atoms with Crippen LogP contribution in [0.3, 0.4) is 0 Å². The Morgan fingerprint density at radius 3 is 1.48 bits per heavy atom. The Kier molecular flexibility index (Phi) is 35.1. The van der Waals surface area contributed by atoms with Gasteiger partial charge in [-0.2, -0.15) is 0 Å². The highest BCUT2D eigenvalue weighted by Crippen LogP contribution is 2.47. The SMILES string of the molecule is CCCCCC/C=C\CCCCCCCCCC(=O)O[C@H](COC(=O)CCC/C=C\C/C=C\C/C=C\C/C=C\CCCCCO)COP(=O)(O)OC1[C@H](O)[C@H](O)C(O)[C@H](O)[C@H]1O. The first kappa shape index (κ1) is 57.5. The van der Waals surface area contributed by atoms with Gasteiger partial charge in [0.15, 0.2) is 6.10 Å². The Labute approximate surface area is 371 Å². The normalized spacial score (nSPS) is 22.4. The number of hydrogen-bond acceptors (Lipinski definition) is 13. The maximum atomic E-state index is 12.8. The molecule has 0 bridgehead atoms. The molecule has 8 atom stereocenters. The number of allylic oxidation sites excluding steroid dienone is 10. The van der Waals surface area contributed by atoms with Crippen molar-refractivity contribution >= 4 is 19.8 Å². The van der Waals surface area contributed by atoms with E-state index < -0.39 is 75.7 Å². The zero-order valence-corrected chi connectivity index (χ0v) is 38.2. The predicted molar refractivity (Wildman–Crippen MR) is 241 cm³/mol. The fourth-order valence-electron chi connectivity index (χ4n) is 6.61. The van der Waals surface area contributed by atoms with E-state index in [1.807, 2.05) is 12.2 Å². The highest BCUT2D eigenvalue weighted by molar-refractivity contribution is 7.47. The van der Waals surface area contributed by atoms with Crippen molar-refractivity contribution in [3.05, 3.63) is 60.8 Å². The minimum atomic E-state index is -5.14. The molecular weight excluding hydrogens is 819 g/mol. The molecule has 358 valence electrons. The average Bonchev–Trinajstić information content (AvgIpc) is 3.25. The third-order valence-corrected chi connectivity index (χ3v) is 11.4. The van der Waals surface area contributed by atoms with Crippen molar-refractivity contribution < 1.29 is 68.2 Å². The van der Waals surface area contributed by atoms with Gasteiger partial charge in [-0.3, -0.25) is 18.6 Å². The van der Waals surface area contributed by atoms with Crippen LogP contribution in [0.25, 0.3) is 0 Å². The van der Waals surface area contributed by atoms with Crippen LogP contribution in [0.1, 0.15) is 161 Å². The molecular formula is C47H81O14P. The van der Waals surface area contributed by atoms with Gasteiger partial charge in [-0.15, -0.1) is 0 Å². The molecule has 1 aliphatic carbocycles. The van der Waals surface area contributed by atoms with E-state index in [0.717, 1.165) is 96.3 Å². The Morgan fingerprint density at radius 1 is 0.532 bits per heavy atom. The lowest BCUT2D eigenvalue weighted by atomic mass is 9.85. The lowest BCUT2D eigenvalue weighted by Crippen LogP contribution is -2.64. The molecule has 0 heterocycles. The molecule has 15 heteroatoms. The van der Waals surface area contributed by atoms with E-state index in [1.54, 1.807) is 0 Å². The van der Waals surface area contributed by atoms with Crippen LogP contribution in [0.2, 0.25) is 0 Å². The maximum Gasteiger partial charge on any atom is 0.472 e. The Hall–Kier alpha value is -2.49. The lowest BCUT2D eigenvalue weighted by Gasteiger charge is -2.41. The van der Waals surface area contributed by atoms with Gasteiger partial charge in [-0.05, 0) is 83.5 Å². The largest absolute Gasteiger partial charge is 0.472 e. The molecule has 0 aromatic carbocycles. The summed E-state index contributed by atoms with van der Waals surface area (Å²) in [5.74, 6) is -1.19. The van der Waals surface area contributed by atoms with Crippen molar-refractivity contribution in [2.24, 2.45) is 0 Å². The van der Waals surface area contributed by atoms with E-state index >= 15 is 0 Å². The van der Waals surface area contributed by atoms with Gasteiger partial charge >= 0.3 is 19.8 Å². The summed E-state index contributed by atoms with van der Waals surface area (Å²) in [5.41, 5.74) is 0. The summed E-state index contributed by atoms with van der Waals surface area (Å²) in [4.78, 5) is 35.7. The predicted octanol–water partition coefficient (Wildman–Crippen LogP) is 7.92. The molecule has 3 unspecified atom stereocenters. The summed E-state index contributed by atoms with van der Waals surface area (Å²) < 4.78 is 33.4. The number of rotatable bonds is 38. The minimum Gasteiger partial charge on any atom is -0.462 e. The fourth-order valence-corrected chi connectivity index (χ4v) is 7.58. The third-order valence-electron chi connectivity index (χ3n) is 10.4. The number of unbranched alkanes of at least 4 members (excludes halogenated alkanes) is 15. The number of carbonyl (C=O) groups excluding carboxylic acids is 2. The van der Waals surface area contributed by atoms with Gasteiger partial charge in [-0.1, -0.05) is 125 Å². The molecule has 1 saturated carbocycles. The fraction of sp³-hybridized carbons (Fsp3) is 0.745. The van der Waals surface area contributed by atoms with Gasteiger partial charge in [0.05, 0.1) is 6.61 Å². The van der Waals surface area contributed by atoms with Crippen molar-refractivity contribution in [3.8, 4) is 0 Å². The minimum absolute atomic E-state index is 0.0724. The quantitative estimate of drug-likeness (QED) is 0.0135. The van der Waals surface area contributed by atoms with Crippen molar-refractivity contribution in [2.45, 2.75) is 204 Å². The number of aliphatic hydroxyl groups excluding tert-OH is 6. The van der Waals surface area contributed by atoms with Crippen LogP contribution in [-0.4, -0.2) is 110 Å². The maximum absolute atomic E-state index is 12.8. The molecule has 1 fully saturated rings. The number of phosphoric acid groups is 1. The molecule has 7 N–H and O–H groups in total. The average molecular weight is 901 g/mol. The van der Waals surface area contributed by atoms with Gasteiger partial charge in [0.25, 0.3) is 0 Å². The van der Waals surface area contributed by atoms with Crippen molar-refractivity contribution in [1.82, 2.24) is 0 Å². The smallest absolute Gasteiger partial charge is 0.462 e. The Morgan fingerprint density at radius 2 is 0.952 bits per heavy atom. The molecule has 0 amide bonds. The molecule has 62 heavy (non-hydrogen) atoms. The van der Waals surface area contributed by atoms with E-state index in [1.165, 1.54) is 25.7 Å². The number of phosphoric ester groups is 1. The van der Waals surface area contributed by atoms with Crippen LogP contribution < -0.4 is 0 Å². The van der Waals surface area contributed by atoms with E-state index in [4.69, 9.17) is 23.6 Å². The summed E-state index contributed by atoms with van der Waals surface area (Å²) in [6, 6.07) is 0. The zero-order valence-electron chi connectivity index (χ0n) is 37.3. The molecule has 0 radical (unpaired) electrons. The number of aliphatic hydroxyl groups is 6. The van der Waals surface area contributed by atoms with Crippen molar-refractivity contribution in [2.75, 3.05) is 19.8 Å². The van der Waals surface area contributed by atoms with E-state index in [-0.39, 0.29) is 19.4 Å². The second-order valence-corrected chi connectivity index (χ2v) is 17.4. The second kappa shape index (κ2) is 37.8.